The van der Waals surface area contributed by atoms with Gasteiger partial charge in [0, 0.05) is 11.1 Å². The third-order valence-corrected chi connectivity index (χ3v) is 4.52. The van der Waals surface area contributed by atoms with Crippen molar-refractivity contribution in [1.82, 2.24) is 10.2 Å². The molecule has 1 aliphatic heterocycles. The van der Waals surface area contributed by atoms with Crippen molar-refractivity contribution in [2.75, 3.05) is 26.7 Å². The largest absolute Gasteiger partial charge is 0.316 e. The predicted octanol–water partition coefficient (Wildman–Crippen LogP) is 3.72. The highest BCUT2D eigenvalue weighted by atomic mass is 35.5. The Morgan fingerprint density at radius 2 is 2.32 bits per heavy atom. The van der Waals surface area contributed by atoms with Crippen LogP contribution in [0.2, 0.25) is 5.02 Å². The van der Waals surface area contributed by atoms with E-state index in [2.05, 4.69) is 36.3 Å². The summed E-state index contributed by atoms with van der Waals surface area (Å²) in [5.41, 5.74) is 1.30. The van der Waals surface area contributed by atoms with Gasteiger partial charge in [0.15, 0.2) is 0 Å². The zero-order chi connectivity index (χ0) is 13.7. The molecular weight excluding hydrogens is 256 g/mol. The van der Waals surface area contributed by atoms with Gasteiger partial charge in [0.1, 0.15) is 0 Å². The van der Waals surface area contributed by atoms with E-state index in [1.807, 2.05) is 12.1 Å². The number of piperidine rings is 1. The highest BCUT2D eigenvalue weighted by Gasteiger charge is 2.16. The van der Waals surface area contributed by atoms with Crippen LogP contribution in [0.1, 0.15) is 37.8 Å². The highest BCUT2D eigenvalue weighted by Crippen LogP contribution is 2.23. The van der Waals surface area contributed by atoms with E-state index in [9.17, 15) is 0 Å². The highest BCUT2D eigenvalue weighted by molar-refractivity contribution is 6.30. The standard InChI is InChI=1S/C16H25ClN2/c1-13(15-6-3-7-16(17)11-15)19(2)10-8-14-5-4-9-18-12-14/h3,6-7,11,13-14,18H,4-5,8-10,12H2,1-2H3. The van der Waals surface area contributed by atoms with Crippen molar-refractivity contribution in [3.8, 4) is 0 Å². The molecule has 1 saturated heterocycles. The number of nitrogens with zero attached hydrogens (tertiary/aromatic N) is 1. The van der Waals surface area contributed by atoms with Crippen molar-refractivity contribution < 1.29 is 0 Å². The van der Waals surface area contributed by atoms with Crippen molar-refractivity contribution in [3.05, 3.63) is 34.9 Å². The Labute approximate surface area is 122 Å². The molecule has 0 radical (unpaired) electrons. The van der Waals surface area contributed by atoms with Crippen LogP contribution in [0.3, 0.4) is 0 Å². The van der Waals surface area contributed by atoms with Gasteiger partial charge in [-0.3, -0.25) is 4.90 Å². The van der Waals surface area contributed by atoms with Crippen LogP contribution < -0.4 is 5.32 Å². The van der Waals surface area contributed by atoms with Crippen molar-refractivity contribution in [3.63, 3.8) is 0 Å². The normalized spacial score (nSPS) is 21.6. The van der Waals surface area contributed by atoms with E-state index in [1.165, 1.54) is 37.9 Å². The van der Waals surface area contributed by atoms with Gasteiger partial charge in [-0.15, -0.1) is 0 Å². The third-order valence-electron chi connectivity index (χ3n) is 4.28. The quantitative estimate of drug-likeness (QED) is 0.884. The Morgan fingerprint density at radius 1 is 1.47 bits per heavy atom. The fourth-order valence-electron chi connectivity index (χ4n) is 2.77. The van der Waals surface area contributed by atoms with Crippen LogP contribution in [0.15, 0.2) is 24.3 Å². The SMILES string of the molecule is CC(c1cccc(Cl)c1)N(C)CCC1CCCNC1. The number of hydrogen-bond donors (Lipinski definition) is 1. The van der Waals surface area contributed by atoms with Crippen LogP contribution in [-0.2, 0) is 0 Å². The zero-order valence-electron chi connectivity index (χ0n) is 12.0. The summed E-state index contributed by atoms with van der Waals surface area (Å²) in [6, 6.07) is 8.63. The molecule has 0 aliphatic carbocycles. The van der Waals surface area contributed by atoms with E-state index < -0.39 is 0 Å². The molecule has 1 aromatic carbocycles. The molecule has 1 N–H and O–H groups in total. The maximum Gasteiger partial charge on any atom is 0.0409 e. The van der Waals surface area contributed by atoms with Gasteiger partial charge in [-0.2, -0.15) is 0 Å². The lowest BCUT2D eigenvalue weighted by Gasteiger charge is -2.29. The second-order valence-electron chi connectivity index (χ2n) is 5.71. The maximum absolute atomic E-state index is 6.07. The topological polar surface area (TPSA) is 15.3 Å². The molecule has 1 heterocycles. The van der Waals surface area contributed by atoms with Gasteiger partial charge in [-0.25, -0.2) is 0 Å². The summed E-state index contributed by atoms with van der Waals surface area (Å²) in [6.45, 7) is 5.80. The van der Waals surface area contributed by atoms with Gasteiger partial charge < -0.3 is 5.32 Å². The first-order chi connectivity index (χ1) is 9.16. The van der Waals surface area contributed by atoms with E-state index in [0.717, 1.165) is 17.5 Å². The monoisotopic (exact) mass is 280 g/mol. The Balaban J connectivity index is 1.83. The average Bonchev–Trinajstić information content (AvgIpc) is 2.45. The number of nitrogens with one attached hydrogen (secondary N) is 1. The summed E-state index contributed by atoms with van der Waals surface area (Å²) in [5, 5.41) is 4.32. The van der Waals surface area contributed by atoms with E-state index >= 15 is 0 Å². The Kier molecular flexibility index (Phi) is 5.68. The zero-order valence-corrected chi connectivity index (χ0v) is 12.8. The van der Waals surface area contributed by atoms with Crippen LogP contribution >= 0.6 is 11.6 Å². The van der Waals surface area contributed by atoms with Crippen LogP contribution in [0.4, 0.5) is 0 Å². The van der Waals surface area contributed by atoms with E-state index in [1.54, 1.807) is 0 Å². The first kappa shape index (κ1) is 14.8. The Bertz CT molecular complexity index is 388. The van der Waals surface area contributed by atoms with Gasteiger partial charge in [-0.05, 0) is 76.5 Å². The second-order valence-corrected chi connectivity index (χ2v) is 6.15. The summed E-state index contributed by atoms with van der Waals surface area (Å²) in [4.78, 5) is 2.43. The Hall–Kier alpha value is -0.570. The van der Waals surface area contributed by atoms with Crippen LogP contribution in [0, 0.1) is 5.92 Å². The molecule has 0 bridgehead atoms. The fourth-order valence-corrected chi connectivity index (χ4v) is 2.97. The van der Waals surface area contributed by atoms with Crippen molar-refractivity contribution in [2.45, 2.75) is 32.2 Å². The van der Waals surface area contributed by atoms with Gasteiger partial charge in [-0.1, -0.05) is 23.7 Å². The van der Waals surface area contributed by atoms with Crippen molar-refractivity contribution in [2.24, 2.45) is 5.92 Å². The molecular formula is C16H25ClN2. The first-order valence-electron chi connectivity index (χ1n) is 7.33. The minimum atomic E-state index is 0.426. The molecule has 0 saturated carbocycles. The number of benzene rings is 1. The average molecular weight is 281 g/mol. The molecule has 2 rings (SSSR count). The number of rotatable bonds is 5. The molecule has 1 fully saturated rings. The minimum Gasteiger partial charge on any atom is -0.316 e. The molecule has 0 spiro atoms. The molecule has 1 aliphatic rings. The molecule has 106 valence electrons. The summed E-state index contributed by atoms with van der Waals surface area (Å²) in [6.07, 6.45) is 4.00. The summed E-state index contributed by atoms with van der Waals surface area (Å²) in [7, 11) is 2.21. The lowest BCUT2D eigenvalue weighted by Crippen LogP contribution is -2.32. The third kappa shape index (κ3) is 4.48. The van der Waals surface area contributed by atoms with Crippen molar-refractivity contribution in [1.29, 1.82) is 0 Å². The van der Waals surface area contributed by atoms with Gasteiger partial charge in [0.25, 0.3) is 0 Å². The van der Waals surface area contributed by atoms with Crippen LogP contribution in [0.5, 0.6) is 0 Å². The maximum atomic E-state index is 6.07. The molecule has 2 nitrogen and oxygen atoms in total. The van der Waals surface area contributed by atoms with Gasteiger partial charge in [0.2, 0.25) is 0 Å². The van der Waals surface area contributed by atoms with E-state index in [4.69, 9.17) is 11.6 Å². The van der Waals surface area contributed by atoms with E-state index in [-0.39, 0.29) is 0 Å². The summed E-state index contributed by atoms with van der Waals surface area (Å²) < 4.78 is 0. The summed E-state index contributed by atoms with van der Waals surface area (Å²) >= 11 is 6.07. The molecule has 1 aromatic rings. The molecule has 2 unspecified atom stereocenters. The van der Waals surface area contributed by atoms with Gasteiger partial charge >= 0.3 is 0 Å². The van der Waals surface area contributed by atoms with Gasteiger partial charge in [0.05, 0.1) is 0 Å². The molecule has 2 atom stereocenters. The molecule has 0 amide bonds. The Morgan fingerprint density at radius 3 is 3.00 bits per heavy atom. The lowest BCUT2D eigenvalue weighted by molar-refractivity contribution is 0.227. The number of halogens is 1. The second kappa shape index (κ2) is 7.28. The lowest BCUT2D eigenvalue weighted by atomic mass is 9.95. The fraction of sp³-hybridized carbons (Fsp3) is 0.625. The van der Waals surface area contributed by atoms with E-state index in [0.29, 0.717) is 6.04 Å². The molecule has 3 heteroatoms. The summed E-state index contributed by atoms with van der Waals surface area (Å²) in [5.74, 6) is 0.850. The van der Waals surface area contributed by atoms with Crippen LogP contribution in [0.25, 0.3) is 0 Å². The smallest absolute Gasteiger partial charge is 0.0409 e. The number of hydrogen-bond acceptors (Lipinski definition) is 2. The first-order valence-corrected chi connectivity index (χ1v) is 7.71. The van der Waals surface area contributed by atoms with Crippen molar-refractivity contribution >= 4 is 11.6 Å². The predicted molar refractivity (Wildman–Crippen MR) is 82.7 cm³/mol. The minimum absolute atomic E-state index is 0.426. The van der Waals surface area contributed by atoms with Crippen LogP contribution in [-0.4, -0.2) is 31.6 Å². The molecule has 19 heavy (non-hydrogen) atoms. The molecule has 0 aromatic heterocycles.